The van der Waals surface area contributed by atoms with Gasteiger partial charge < -0.3 is 5.11 Å². The number of rotatable bonds is 2. The summed E-state index contributed by atoms with van der Waals surface area (Å²) in [6.07, 6.45) is 0. The van der Waals surface area contributed by atoms with Crippen molar-refractivity contribution in [1.29, 1.82) is 0 Å². The molecule has 0 heterocycles. The van der Waals surface area contributed by atoms with Gasteiger partial charge in [0.05, 0.1) is 11.4 Å². The summed E-state index contributed by atoms with van der Waals surface area (Å²) >= 11 is 5.69. The van der Waals surface area contributed by atoms with Gasteiger partial charge in [-0.3, -0.25) is 9.79 Å². The number of amides is 1. The molecule has 0 saturated heterocycles. The third kappa shape index (κ3) is 3.25. The Morgan fingerprint density at radius 3 is 2.27 bits per heavy atom. The molecule has 0 unspecified atom stereocenters. The monoisotopic (exact) mass is 225 g/mol. The van der Waals surface area contributed by atoms with Crippen molar-refractivity contribution in [3.8, 4) is 0 Å². The Kier molecular flexibility index (Phi) is 3.68. The Labute approximate surface area is 92.9 Å². The minimum absolute atomic E-state index is 0.267. The number of carbonyl (C=O) groups excluding carboxylic acids is 1. The molecule has 0 radical (unpaired) electrons. The molecule has 0 spiro atoms. The van der Waals surface area contributed by atoms with E-state index in [1.54, 1.807) is 24.3 Å². The van der Waals surface area contributed by atoms with Crippen LogP contribution in [0, 0.1) is 0 Å². The zero-order valence-electron chi connectivity index (χ0n) is 8.40. The lowest BCUT2D eigenvalue weighted by Crippen LogP contribution is -2.16. The Bertz CT molecular complexity index is 383. The van der Waals surface area contributed by atoms with Crippen LogP contribution in [-0.2, 0) is 4.79 Å². The van der Waals surface area contributed by atoms with Crippen LogP contribution in [0.15, 0.2) is 29.3 Å². The first kappa shape index (κ1) is 11.5. The molecular weight excluding hydrogens is 216 g/mol. The fourth-order valence-corrected chi connectivity index (χ4v) is 1.13. The molecule has 0 saturated carbocycles. The Morgan fingerprint density at radius 2 is 1.87 bits per heavy atom. The lowest BCUT2D eigenvalue weighted by molar-refractivity contribution is -0.215. The Balaban J connectivity index is 2.90. The van der Waals surface area contributed by atoms with Gasteiger partial charge in [-0.1, -0.05) is 0 Å². The molecule has 1 aromatic carbocycles. The van der Waals surface area contributed by atoms with E-state index in [0.29, 0.717) is 11.4 Å². The van der Waals surface area contributed by atoms with E-state index in [2.05, 4.69) is 4.99 Å². The maximum Gasteiger partial charge on any atom is 0.238 e. The largest absolute Gasteiger partial charge is 0.862 e. The first-order chi connectivity index (χ1) is 7.00. The molecule has 15 heavy (non-hydrogen) atoms. The second-order valence-corrected chi connectivity index (χ2v) is 3.29. The van der Waals surface area contributed by atoms with Crippen molar-refractivity contribution in [2.75, 3.05) is 4.42 Å². The average Bonchev–Trinajstić information content (AvgIpc) is 2.17. The highest BCUT2D eigenvalue weighted by molar-refractivity contribution is 6.36. The maximum atomic E-state index is 10.9. The zero-order valence-corrected chi connectivity index (χ0v) is 9.15. The van der Waals surface area contributed by atoms with Gasteiger partial charge in [0.1, 0.15) is 0 Å². The van der Waals surface area contributed by atoms with Gasteiger partial charge >= 0.3 is 0 Å². The van der Waals surface area contributed by atoms with Crippen molar-refractivity contribution in [2.45, 2.75) is 13.8 Å². The van der Waals surface area contributed by atoms with Crippen LogP contribution in [0.5, 0.6) is 0 Å². The first-order valence-electron chi connectivity index (χ1n) is 4.29. The summed E-state index contributed by atoms with van der Waals surface area (Å²) in [5.41, 5.74) is 1.09. The van der Waals surface area contributed by atoms with Crippen molar-refractivity contribution in [1.82, 2.24) is 0 Å². The molecule has 0 fully saturated rings. The normalized spacial score (nSPS) is 11.3. The van der Waals surface area contributed by atoms with Crippen LogP contribution in [0.1, 0.15) is 13.8 Å². The Hall–Kier alpha value is -1.55. The average molecular weight is 226 g/mol. The van der Waals surface area contributed by atoms with Gasteiger partial charge in [-0.2, -0.15) is 0 Å². The summed E-state index contributed by atoms with van der Waals surface area (Å²) in [5.74, 6) is -0.537. The van der Waals surface area contributed by atoms with Crippen molar-refractivity contribution >= 4 is 35.0 Å². The molecule has 0 bridgehead atoms. The molecular formula is C10H10ClN2O2-. The molecule has 0 aliphatic rings. The molecule has 1 aromatic rings. The van der Waals surface area contributed by atoms with Gasteiger partial charge in [0.15, 0.2) is 0 Å². The molecule has 0 atom stereocenters. The fraction of sp³-hybridized carbons (Fsp3) is 0.200. The van der Waals surface area contributed by atoms with Crippen LogP contribution < -0.4 is 9.53 Å². The summed E-state index contributed by atoms with van der Waals surface area (Å²) in [6, 6.07) is 6.48. The van der Waals surface area contributed by atoms with Crippen LogP contribution in [-0.4, -0.2) is 11.8 Å². The molecule has 80 valence electrons. The molecule has 0 N–H and O–H groups in total. The van der Waals surface area contributed by atoms with Gasteiger partial charge in [0.25, 0.3) is 0 Å². The summed E-state index contributed by atoms with van der Waals surface area (Å²) in [7, 11) is 0. The quantitative estimate of drug-likeness (QED) is 0.436. The predicted octanol–water partition coefficient (Wildman–Crippen LogP) is 1.60. The van der Waals surface area contributed by atoms with Crippen molar-refractivity contribution in [2.24, 2.45) is 4.99 Å². The molecule has 0 aliphatic carbocycles. The SMILES string of the molecule is CC(=O)N(Cl)c1ccc(N=C(C)[O-])cc1. The van der Waals surface area contributed by atoms with Crippen LogP contribution in [0.3, 0.4) is 0 Å². The fourth-order valence-electron chi connectivity index (χ4n) is 1.02. The highest BCUT2D eigenvalue weighted by Gasteiger charge is 2.06. The first-order valence-corrected chi connectivity index (χ1v) is 4.63. The second-order valence-electron chi connectivity index (χ2n) is 2.95. The number of nitrogens with zero attached hydrogens (tertiary/aromatic N) is 2. The minimum Gasteiger partial charge on any atom is -0.862 e. The summed E-state index contributed by atoms with van der Waals surface area (Å²) in [5, 5.41) is 10.7. The predicted molar refractivity (Wildman–Crippen MR) is 58.2 cm³/mol. The summed E-state index contributed by atoms with van der Waals surface area (Å²) in [6.45, 7) is 2.73. The van der Waals surface area contributed by atoms with Gasteiger partial charge in [-0.15, -0.1) is 0 Å². The van der Waals surface area contributed by atoms with Crippen LogP contribution in [0.25, 0.3) is 0 Å². The highest BCUT2D eigenvalue weighted by Crippen LogP contribution is 2.21. The van der Waals surface area contributed by atoms with E-state index in [0.717, 1.165) is 4.42 Å². The van der Waals surface area contributed by atoms with Gasteiger partial charge in [0, 0.05) is 18.7 Å². The van der Waals surface area contributed by atoms with Crippen LogP contribution >= 0.6 is 11.8 Å². The van der Waals surface area contributed by atoms with Gasteiger partial charge in [0.2, 0.25) is 5.91 Å². The number of halogens is 1. The van der Waals surface area contributed by atoms with E-state index in [9.17, 15) is 9.90 Å². The van der Waals surface area contributed by atoms with E-state index in [4.69, 9.17) is 11.8 Å². The number of hydrogen-bond donors (Lipinski definition) is 0. The topological polar surface area (TPSA) is 55.7 Å². The third-order valence-electron chi connectivity index (χ3n) is 1.64. The second kappa shape index (κ2) is 4.79. The Morgan fingerprint density at radius 1 is 1.33 bits per heavy atom. The lowest BCUT2D eigenvalue weighted by atomic mass is 10.3. The van der Waals surface area contributed by atoms with E-state index >= 15 is 0 Å². The number of hydrogen-bond acceptors (Lipinski definition) is 3. The van der Waals surface area contributed by atoms with Crippen LogP contribution in [0.2, 0.25) is 0 Å². The van der Waals surface area contributed by atoms with Crippen molar-refractivity contribution in [3.63, 3.8) is 0 Å². The number of aliphatic imine (C=N–C) groups is 1. The molecule has 5 heteroatoms. The zero-order chi connectivity index (χ0) is 11.4. The standard InChI is InChI=1S/C10H11ClN2O2/c1-7(14)12-9-3-5-10(6-4-9)13(11)8(2)15/h3-6H,1-2H3,(H,12,14)/p-1. The molecule has 4 nitrogen and oxygen atoms in total. The van der Waals surface area contributed by atoms with Gasteiger partial charge in [-0.05, 0) is 37.1 Å². The van der Waals surface area contributed by atoms with Gasteiger partial charge in [-0.25, -0.2) is 4.42 Å². The summed E-state index contributed by atoms with van der Waals surface area (Å²) in [4.78, 5) is 14.6. The smallest absolute Gasteiger partial charge is 0.238 e. The van der Waals surface area contributed by atoms with E-state index in [-0.39, 0.29) is 11.8 Å². The minimum atomic E-state index is -0.270. The van der Waals surface area contributed by atoms with Crippen LogP contribution in [0.4, 0.5) is 11.4 Å². The number of benzene rings is 1. The van der Waals surface area contributed by atoms with Crippen molar-refractivity contribution < 1.29 is 9.90 Å². The number of carbonyl (C=O) groups is 1. The number of anilines is 1. The van der Waals surface area contributed by atoms with E-state index in [1.807, 2.05) is 0 Å². The molecule has 0 aliphatic heterocycles. The molecule has 1 amide bonds. The van der Waals surface area contributed by atoms with Crippen molar-refractivity contribution in [3.05, 3.63) is 24.3 Å². The molecule has 0 aromatic heterocycles. The van der Waals surface area contributed by atoms with E-state index < -0.39 is 0 Å². The maximum absolute atomic E-state index is 10.9. The third-order valence-corrected chi connectivity index (χ3v) is 2.07. The van der Waals surface area contributed by atoms with E-state index in [1.165, 1.54) is 13.8 Å². The molecule has 1 rings (SSSR count). The lowest BCUT2D eigenvalue weighted by Gasteiger charge is -2.11. The highest BCUT2D eigenvalue weighted by atomic mass is 35.5. The summed E-state index contributed by atoms with van der Waals surface area (Å²) < 4.78 is 0.998.